The number of aliphatic hydroxyl groups excluding tert-OH is 1. The standard InChI is InChI=1S/C27H26ClN5O4/c1-15-3-6-21(29-12-15)37-16-4-5-17(19(28)11-16)24(34)18-13-30-25-22(18)23-20(14-31-25)33(2)26(35)27(32-23)7-9-36-10-8-27/h3-6,11-14,24,32,34H,7-10H2,1-2H3,(H,30,31). The Morgan fingerprint density at radius 2 is 1.97 bits per heavy atom. The highest BCUT2D eigenvalue weighted by Gasteiger charge is 2.46. The third-order valence-corrected chi connectivity index (χ3v) is 7.49. The van der Waals surface area contributed by atoms with Crippen molar-refractivity contribution in [2.24, 2.45) is 0 Å². The van der Waals surface area contributed by atoms with Gasteiger partial charge in [0.2, 0.25) is 5.88 Å². The van der Waals surface area contributed by atoms with Gasteiger partial charge in [-0.1, -0.05) is 23.7 Å². The molecular formula is C27H26ClN5O4. The number of H-pyrrole nitrogens is 1. The zero-order chi connectivity index (χ0) is 25.7. The number of aromatic nitrogens is 3. The van der Waals surface area contributed by atoms with Crippen LogP contribution in [0.25, 0.3) is 11.0 Å². The smallest absolute Gasteiger partial charge is 0.252 e. The van der Waals surface area contributed by atoms with Crippen molar-refractivity contribution in [1.82, 2.24) is 15.0 Å². The second kappa shape index (κ2) is 9.02. The number of aromatic amines is 1. The van der Waals surface area contributed by atoms with E-state index in [0.717, 1.165) is 16.6 Å². The Bertz CT molecular complexity index is 1500. The maximum absolute atomic E-state index is 13.3. The zero-order valence-electron chi connectivity index (χ0n) is 20.4. The first kappa shape index (κ1) is 23.7. The number of nitrogens with zero attached hydrogens (tertiary/aromatic N) is 3. The van der Waals surface area contributed by atoms with Gasteiger partial charge < -0.3 is 29.8 Å². The molecule has 1 fully saturated rings. The van der Waals surface area contributed by atoms with Crippen LogP contribution in [0.2, 0.25) is 5.02 Å². The monoisotopic (exact) mass is 519 g/mol. The zero-order valence-corrected chi connectivity index (χ0v) is 21.2. The minimum Gasteiger partial charge on any atom is -0.439 e. The Balaban J connectivity index is 1.37. The van der Waals surface area contributed by atoms with Gasteiger partial charge >= 0.3 is 0 Å². The van der Waals surface area contributed by atoms with Crippen LogP contribution in [0.3, 0.4) is 0 Å². The molecule has 190 valence electrons. The van der Waals surface area contributed by atoms with E-state index in [-0.39, 0.29) is 5.91 Å². The van der Waals surface area contributed by atoms with Crippen LogP contribution in [0, 0.1) is 6.92 Å². The second-order valence-electron chi connectivity index (χ2n) is 9.53. The lowest BCUT2D eigenvalue weighted by Gasteiger charge is -2.44. The second-order valence-corrected chi connectivity index (χ2v) is 9.94. The number of hydrogen-bond donors (Lipinski definition) is 3. The molecule has 2 aliphatic rings. The highest BCUT2D eigenvalue weighted by molar-refractivity contribution is 6.31. The molecule has 1 saturated heterocycles. The number of aliphatic hydroxyl groups is 1. The average molecular weight is 520 g/mol. The number of likely N-dealkylation sites (N-methyl/N-ethyl adjacent to an activating group) is 1. The minimum atomic E-state index is -1.04. The predicted molar refractivity (Wildman–Crippen MR) is 140 cm³/mol. The van der Waals surface area contributed by atoms with Crippen molar-refractivity contribution in [3.63, 3.8) is 0 Å². The molecule has 10 heteroatoms. The molecule has 3 aromatic heterocycles. The summed E-state index contributed by atoms with van der Waals surface area (Å²) in [5.74, 6) is 0.957. The van der Waals surface area contributed by atoms with Crippen LogP contribution < -0.4 is 15.0 Å². The Hall–Kier alpha value is -3.66. The highest BCUT2D eigenvalue weighted by Crippen LogP contribution is 2.45. The summed E-state index contributed by atoms with van der Waals surface area (Å²) >= 11 is 6.62. The van der Waals surface area contributed by atoms with Gasteiger partial charge in [0.15, 0.2) is 0 Å². The average Bonchev–Trinajstić information content (AvgIpc) is 3.34. The van der Waals surface area contributed by atoms with Gasteiger partial charge in [-0.2, -0.15) is 0 Å². The number of halogens is 1. The number of ether oxygens (including phenoxy) is 2. The lowest BCUT2D eigenvalue weighted by molar-refractivity contribution is -0.125. The number of hydrogen-bond acceptors (Lipinski definition) is 7. The summed E-state index contributed by atoms with van der Waals surface area (Å²) in [6.45, 7) is 2.96. The third kappa shape index (κ3) is 3.99. The molecule has 1 atom stereocenters. The Morgan fingerprint density at radius 1 is 1.16 bits per heavy atom. The van der Waals surface area contributed by atoms with Crippen molar-refractivity contribution in [3.8, 4) is 11.6 Å². The van der Waals surface area contributed by atoms with E-state index in [1.165, 1.54) is 0 Å². The number of pyridine rings is 2. The van der Waals surface area contributed by atoms with E-state index in [1.807, 2.05) is 13.0 Å². The van der Waals surface area contributed by atoms with Gasteiger partial charge in [-0.05, 0) is 24.6 Å². The summed E-state index contributed by atoms with van der Waals surface area (Å²) in [5, 5.41) is 16.1. The molecule has 1 amide bonds. The molecule has 5 heterocycles. The fourth-order valence-corrected chi connectivity index (χ4v) is 5.36. The third-order valence-electron chi connectivity index (χ3n) is 7.17. The number of aryl methyl sites for hydroxylation is 1. The molecular weight excluding hydrogens is 494 g/mol. The molecule has 1 unspecified atom stereocenters. The van der Waals surface area contributed by atoms with E-state index in [4.69, 9.17) is 21.1 Å². The number of fused-ring (bicyclic) bond motifs is 3. The molecule has 1 aromatic carbocycles. The molecule has 6 rings (SSSR count). The van der Waals surface area contributed by atoms with Gasteiger partial charge in [0.1, 0.15) is 23.0 Å². The van der Waals surface area contributed by atoms with E-state index in [0.29, 0.717) is 65.2 Å². The van der Waals surface area contributed by atoms with Gasteiger partial charge in [-0.25, -0.2) is 9.97 Å². The molecule has 0 radical (unpaired) electrons. The van der Waals surface area contributed by atoms with Crippen molar-refractivity contribution in [2.45, 2.75) is 31.4 Å². The molecule has 9 nitrogen and oxygen atoms in total. The summed E-state index contributed by atoms with van der Waals surface area (Å²) in [5.41, 5.74) is 3.42. The molecule has 0 aliphatic carbocycles. The summed E-state index contributed by atoms with van der Waals surface area (Å²) in [4.78, 5) is 26.9. The summed E-state index contributed by atoms with van der Waals surface area (Å²) in [6.07, 6.45) is 5.20. The van der Waals surface area contributed by atoms with Crippen LogP contribution in [-0.2, 0) is 9.53 Å². The number of anilines is 2. The lowest BCUT2D eigenvalue weighted by Crippen LogP contribution is -2.59. The van der Waals surface area contributed by atoms with Crippen LogP contribution in [-0.4, -0.2) is 51.8 Å². The summed E-state index contributed by atoms with van der Waals surface area (Å²) in [7, 11) is 1.76. The highest BCUT2D eigenvalue weighted by atomic mass is 35.5. The van der Waals surface area contributed by atoms with E-state index in [9.17, 15) is 9.90 Å². The van der Waals surface area contributed by atoms with Crippen LogP contribution in [0.15, 0.2) is 48.9 Å². The van der Waals surface area contributed by atoms with Gasteiger partial charge in [0.25, 0.3) is 5.91 Å². The Morgan fingerprint density at radius 3 is 2.70 bits per heavy atom. The summed E-state index contributed by atoms with van der Waals surface area (Å²) < 4.78 is 11.3. The van der Waals surface area contributed by atoms with E-state index in [1.54, 1.807) is 54.8 Å². The summed E-state index contributed by atoms with van der Waals surface area (Å²) in [6, 6.07) is 8.84. The fourth-order valence-electron chi connectivity index (χ4n) is 5.08. The molecule has 2 aliphatic heterocycles. The molecule has 1 spiro atoms. The van der Waals surface area contributed by atoms with Crippen molar-refractivity contribution in [2.75, 3.05) is 30.5 Å². The SMILES string of the molecule is Cc1ccc(Oc2ccc(C(O)c3c[nH]c4ncc5c(c34)NC3(CCOCC3)C(=O)N5C)c(Cl)c2)nc1. The van der Waals surface area contributed by atoms with Crippen molar-refractivity contribution >= 4 is 39.9 Å². The Kier molecular flexibility index (Phi) is 5.78. The minimum absolute atomic E-state index is 0.0104. The van der Waals surface area contributed by atoms with Crippen molar-refractivity contribution in [1.29, 1.82) is 0 Å². The number of amides is 1. The lowest BCUT2D eigenvalue weighted by atomic mass is 9.85. The topological polar surface area (TPSA) is 113 Å². The van der Waals surface area contributed by atoms with Crippen LogP contribution in [0.1, 0.15) is 35.6 Å². The normalized spacial score (nSPS) is 17.5. The van der Waals surface area contributed by atoms with Crippen molar-refractivity contribution in [3.05, 3.63) is 70.6 Å². The number of benzene rings is 1. The van der Waals surface area contributed by atoms with Crippen LogP contribution in [0.5, 0.6) is 11.6 Å². The van der Waals surface area contributed by atoms with E-state index < -0.39 is 11.6 Å². The van der Waals surface area contributed by atoms with E-state index in [2.05, 4.69) is 20.3 Å². The first-order valence-electron chi connectivity index (χ1n) is 12.1. The van der Waals surface area contributed by atoms with Crippen LogP contribution >= 0.6 is 11.6 Å². The first-order valence-corrected chi connectivity index (χ1v) is 12.5. The van der Waals surface area contributed by atoms with Gasteiger partial charge in [0, 0.05) is 62.7 Å². The number of carbonyl (C=O) groups excluding carboxylic acids is 1. The van der Waals surface area contributed by atoms with E-state index >= 15 is 0 Å². The molecule has 0 saturated carbocycles. The Labute approximate surface area is 218 Å². The van der Waals surface area contributed by atoms with Crippen molar-refractivity contribution < 1.29 is 19.4 Å². The van der Waals surface area contributed by atoms with Gasteiger partial charge in [-0.15, -0.1) is 0 Å². The fraction of sp³-hybridized carbons (Fsp3) is 0.296. The molecule has 3 N–H and O–H groups in total. The quantitative estimate of drug-likeness (QED) is 0.357. The number of rotatable bonds is 4. The predicted octanol–water partition coefficient (Wildman–Crippen LogP) is 4.73. The molecule has 0 bridgehead atoms. The maximum Gasteiger partial charge on any atom is 0.252 e. The van der Waals surface area contributed by atoms with Crippen LogP contribution in [0.4, 0.5) is 11.4 Å². The molecule has 4 aromatic rings. The maximum atomic E-state index is 13.3. The first-order chi connectivity index (χ1) is 17.9. The van der Waals surface area contributed by atoms with Gasteiger partial charge in [-0.3, -0.25) is 4.79 Å². The number of carbonyl (C=O) groups is 1. The number of nitrogens with one attached hydrogen (secondary N) is 2. The largest absolute Gasteiger partial charge is 0.439 e. The molecule has 37 heavy (non-hydrogen) atoms. The van der Waals surface area contributed by atoms with Gasteiger partial charge in [0.05, 0.1) is 28.0 Å².